The Morgan fingerprint density at radius 3 is 2.59 bits per heavy atom. The second kappa shape index (κ2) is 9.88. The van der Waals surface area contributed by atoms with Crippen LogP contribution in [0, 0.1) is 23.7 Å². The van der Waals surface area contributed by atoms with Crippen LogP contribution < -0.4 is 15.1 Å². The van der Waals surface area contributed by atoms with Crippen molar-refractivity contribution in [1.29, 1.82) is 0 Å². The summed E-state index contributed by atoms with van der Waals surface area (Å²) in [4.78, 5) is 10.9. The standard InChI is InChI=1S/C26H41N3O3/c1-28(2)15-23-25(31-17-19-3-4-19)8-6-22-24(27-32-26(22)23)7-5-18-9-11-29(12-10-18)14-20-13-21(20)16-30/h6,8,18-21,24,27,30H,3-5,7,9-17H2,1-2H3. The molecule has 2 heterocycles. The van der Waals surface area contributed by atoms with E-state index in [1.165, 1.54) is 69.3 Å². The topological polar surface area (TPSA) is 57.2 Å². The first-order valence-electron chi connectivity index (χ1n) is 12.8. The lowest BCUT2D eigenvalue weighted by molar-refractivity contribution is 0.151. The lowest BCUT2D eigenvalue weighted by atomic mass is 9.89. The Morgan fingerprint density at radius 2 is 1.91 bits per heavy atom. The molecule has 5 rings (SSSR count). The van der Waals surface area contributed by atoms with Crippen molar-refractivity contribution in [2.45, 2.75) is 57.5 Å². The Balaban J connectivity index is 1.14. The summed E-state index contributed by atoms with van der Waals surface area (Å²) in [7, 11) is 4.20. The SMILES string of the molecule is CN(C)Cc1c(OCC2CC2)ccc2c1ONC2CCC1CCN(CC2CC2CO)CC1. The molecule has 2 N–H and O–H groups in total. The molecule has 6 nitrogen and oxygen atoms in total. The molecule has 1 aromatic carbocycles. The molecule has 2 aliphatic heterocycles. The van der Waals surface area contributed by atoms with Crippen molar-refractivity contribution < 1.29 is 14.7 Å². The van der Waals surface area contributed by atoms with Crippen molar-refractivity contribution in [3.63, 3.8) is 0 Å². The maximum Gasteiger partial charge on any atom is 0.160 e. The predicted molar refractivity (Wildman–Crippen MR) is 126 cm³/mol. The third-order valence-corrected chi connectivity index (χ3v) is 7.94. The lowest BCUT2D eigenvalue weighted by Crippen LogP contribution is -2.35. The van der Waals surface area contributed by atoms with Crippen molar-refractivity contribution in [2.24, 2.45) is 23.7 Å². The summed E-state index contributed by atoms with van der Waals surface area (Å²) in [6.07, 6.45) is 8.81. The molecule has 3 fully saturated rings. The van der Waals surface area contributed by atoms with Crippen molar-refractivity contribution in [3.05, 3.63) is 23.3 Å². The highest BCUT2D eigenvalue weighted by Crippen LogP contribution is 2.43. The maximum atomic E-state index is 9.27. The molecular weight excluding hydrogens is 402 g/mol. The van der Waals surface area contributed by atoms with Gasteiger partial charge < -0.3 is 24.5 Å². The van der Waals surface area contributed by atoms with Crippen LogP contribution in [0.2, 0.25) is 0 Å². The fraction of sp³-hybridized carbons (Fsp3) is 0.769. The number of hydrogen-bond donors (Lipinski definition) is 2. The molecule has 2 aliphatic carbocycles. The van der Waals surface area contributed by atoms with Gasteiger partial charge in [0.15, 0.2) is 5.75 Å². The highest BCUT2D eigenvalue weighted by atomic mass is 16.7. The van der Waals surface area contributed by atoms with E-state index in [0.717, 1.165) is 48.8 Å². The number of fused-ring (bicyclic) bond motifs is 1. The number of aliphatic hydroxyl groups excluding tert-OH is 1. The monoisotopic (exact) mass is 443 g/mol. The normalized spacial score (nSPS) is 28.1. The number of nitrogens with zero attached hydrogens (tertiary/aromatic N) is 2. The quantitative estimate of drug-likeness (QED) is 0.545. The average Bonchev–Trinajstić information content (AvgIpc) is 3.71. The molecule has 32 heavy (non-hydrogen) atoms. The molecule has 6 heteroatoms. The summed E-state index contributed by atoms with van der Waals surface area (Å²) >= 11 is 0. The minimum Gasteiger partial charge on any atom is -0.493 e. The van der Waals surface area contributed by atoms with E-state index in [9.17, 15) is 5.11 Å². The number of hydroxylamine groups is 1. The highest BCUT2D eigenvalue weighted by Gasteiger charge is 2.38. The molecule has 1 aromatic rings. The van der Waals surface area contributed by atoms with E-state index in [-0.39, 0.29) is 6.04 Å². The number of rotatable bonds is 11. The Bertz CT molecular complexity index is 774. The third-order valence-electron chi connectivity index (χ3n) is 7.94. The smallest absolute Gasteiger partial charge is 0.160 e. The van der Waals surface area contributed by atoms with Crippen LogP contribution in [0.15, 0.2) is 12.1 Å². The first-order chi connectivity index (χ1) is 15.6. The van der Waals surface area contributed by atoms with Crippen LogP contribution >= 0.6 is 0 Å². The number of aliphatic hydroxyl groups is 1. The molecule has 0 radical (unpaired) electrons. The van der Waals surface area contributed by atoms with E-state index < -0.39 is 0 Å². The zero-order valence-electron chi connectivity index (χ0n) is 19.9. The fourth-order valence-corrected chi connectivity index (χ4v) is 5.47. The largest absolute Gasteiger partial charge is 0.493 e. The molecule has 3 unspecified atom stereocenters. The molecule has 0 aromatic heterocycles. The Labute approximate surface area is 193 Å². The van der Waals surface area contributed by atoms with Crippen LogP contribution in [-0.2, 0) is 6.54 Å². The highest BCUT2D eigenvalue weighted by molar-refractivity contribution is 5.52. The van der Waals surface area contributed by atoms with E-state index in [1.807, 2.05) is 0 Å². The zero-order valence-corrected chi connectivity index (χ0v) is 19.9. The summed E-state index contributed by atoms with van der Waals surface area (Å²) in [5, 5.41) is 9.27. The van der Waals surface area contributed by atoms with Crippen molar-refractivity contribution >= 4 is 0 Å². The van der Waals surface area contributed by atoms with Crippen molar-refractivity contribution in [3.8, 4) is 11.5 Å². The third kappa shape index (κ3) is 5.41. The number of nitrogens with one attached hydrogen (secondary N) is 1. The Kier molecular flexibility index (Phi) is 6.93. The molecule has 0 bridgehead atoms. The second-order valence-electron chi connectivity index (χ2n) is 11.0. The van der Waals surface area contributed by atoms with Gasteiger partial charge in [0, 0.05) is 25.3 Å². The number of ether oxygens (including phenoxy) is 1. The molecule has 1 saturated heterocycles. The lowest BCUT2D eigenvalue weighted by Gasteiger charge is -2.32. The van der Waals surface area contributed by atoms with E-state index >= 15 is 0 Å². The van der Waals surface area contributed by atoms with Gasteiger partial charge in [-0.25, -0.2) is 0 Å². The van der Waals surface area contributed by atoms with Crippen LogP contribution in [0.4, 0.5) is 0 Å². The minimum atomic E-state index is 0.276. The summed E-state index contributed by atoms with van der Waals surface area (Å²) in [5.74, 6) is 4.87. The van der Waals surface area contributed by atoms with Crippen LogP contribution in [0.5, 0.6) is 11.5 Å². The second-order valence-corrected chi connectivity index (χ2v) is 11.0. The maximum absolute atomic E-state index is 9.27. The van der Waals surface area contributed by atoms with Crippen LogP contribution in [0.1, 0.15) is 62.1 Å². The predicted octanol–water partition coefficient (Wildman–Crippen LogP) is 3.60. The average molecular weight is 444 g/mol. The van der Waals surface area contributed by atoms with Gasteiger partial charge in [-0.05, 0) is 108 Å². The van der Waals surface area contributed by atoms with Crippen LogP contribution in [0.3, 0.4) is 0 Å². The summed E-state index contributed by atoms with van der Waals surface area (Å²) in [6.45, 7) is 5.68. The number of piperidine rings is 1. The van der Waals surface area contributed by atoms with Gasteiger partial charge in [-0.1, -0.05) is 0 Å². The van der Waals surface area contributed by atoms with Crippen molar-refractivity contribution in [2.75, 3.05) is 46.9 Å². The Hall–Kier alpha value is -1.34. The fourth-order valence-electron chi connectivity index (χ4n) is 5.47. The van der Waals surface area contributed by atoms with E-state index in [4.69, 9.17) is 9.57 Å². The zero-order chi connectivity index (χ0) is 22.1. The van der Waals surface area contributed by atoms with E-state index in [1.54, 1.807) is 0 Å². The minimum absolute atomic E-state index is 0.276. The van der Waals surface area contributed by atoms with Gasteiger partial charge >= 0.3 is 0 Å². The summed E-state index contributed by atoms with van der Waals surface area (Å²) < 4.78 is 6.18. The van der Waals surface area contributed by atoms with Gasteiger partial charge in [0.1, 0.15) is 5.75 Å². The molecular formula is C26H41N3O3. The van der Waals surface area contributed by atoms with Gasteiger partial charge in [-0.2, -0.15) is 0 Å². The van der Waals surface area contributed by atoms with Crippen LogP contribution in [-0.4, -0.2) is 61.8 Å². The summed E-state index contributed by atoms with van der Waals surface area (Å²) in [5.41, 5.74) is 5.80. The molecule has 0 amide bonds. The van der Waals surface area contributed by atoms with E-state index in [2.05, 4.69) is 41.5 Å². The number of hydrogen-bond acceptors (Lipinski definition) is 6. The van der Waals surface area contributed by atoms with Gasteiger partial charge in [0.2, 0.25) is 0 Å². The molecule has 3 atom stereocenters. The Morgan fingerprint density at radius 1 is 1.09 bits per heavy atom. The molecule has 0 spiro atoms. The van der Waals surface area contributed by atoms with Crippen LogP contribution in [0.25, 0.3) is 0 Å². The first kappa shape index (κ1) is 22.5. The van der Waals surface area contributed by atoms with Gasteiger partial charge in [-0.15, -0.1) is 5.48 Å². The van der Waals surface area contributed by atoms with E-state index in [0.29, 0.717) is 12.5 Å². The van der Waals surface area contributed by atoms with Crippen molar-refractivity contribution in [1.82, 2.24) is 15.3 Å². The number of benzene rings is 1. The van der Waals surface area contributed by atoms with Gasteiger partial charge in [-0.3, -0.25) is 0 Å². The summed E-state index contributed by atoms with van der Waals surface area (Å²) in [6, 6.07) is 4.66. The molecule has 2 saturated carbocycles. The first-order valence-corrected chi connectivity index (χ1v) is 12.8. The van der Waals surface area contributed by atoms with Gasteiger partial charge in [0.05, 0.1) is 18.2 Å². The molecule has 178 valence electrons. The molecule has 4 aliphatic rings. The number of likely N-dealkylation sites (tertiary alicyclic amines) is 1. The van der Waals surface area contributed by atoms with Gasteiger partial charge in [0.25, 0.3) is 0 Å².